The van der Waals surface area contributed by atoms with Gasteiger partial charge >= 0.3 is 0 Å². The summed E-state index contributed by atoms with van der Waals surface area (Å²) in [6, 6.07) is 4.38. The van der Waals surface area contributed by atoms with E-state index in [-0.39, 0.29) is 5.69 Å². The van der Waals surface area contributed by atoms with Crippen LogP contribution >= 0.6 is 11.8 Å². The third-order valence-corrected chi connectivity index (χ3v) is 3.52. The highest BCUT2D eigenvalue weighted by Gasteiger charge is 2.27. The minimum Gasteiger partial charge on any atom is -0.368 e. The van der Waals surface area contributed by atoms with E-state index < -0.39 is 11.2 Å². The molecule has 17 heavy (non-hydrogen) atoms. The van der Waals surface area contributed by atoms with Crippen molar-refractivity contribution in [1.29, 1.82) is 0 Å². The van der Waals surface area contributed by atoms with Gasteiger partial charge in [0.2, 0.25) is 0 Å². The molecule has 2 aromatic rings. The molecule has 8 heteroatoms. The zero-order valence-corrected chi connectivity index (χ0v) is 9.16. The number of aromatic nitrogens is 3. The molecule has 0 saturated carbocycles. The van der Waals surface area contributed by atoms with Crippen molar-refractivity contribution < 1.29 is 10.0 Å². The summed E-state index contributed by atoms with van der Waals surface area (Å²) >= 11 is 1.32. The number of hydrogen-bond donors (Lipinski definition) is 1. The number of fused-ring (bicyclic) bond motifs is 2. The van der Waals surface area contributed by atoms with Gasteiger partial charge in [0.25, 0.3) is 5.69 Å². The van der Waals surface area contributed by atoms with E-state index in [0.29, 0.717) is 10.7 Å². The number of nitro groups is 1. The summed E-state index contributed by atoms with van der Waals surface area (Å²) in [6.07, 6.45) is 0.315. The quantitative estimate of drug-likeness (QED) is 0.603. The first-order chi connectivity index (χ1) is 8.16. The van der Waals surface area contributed by atoms with E-state index in [4.69, 9.17) is 0 Å². The second kappa shape index (κ2) is 3.54. The maximum atomic E-state index is 10.7. The Balaban J connectivity index is 2.14. The summed E-state index contributed by atoms with van der Waals surface area (Å²) in [5.74, 6) is 0. The Kier molecular flexibility index (Phi) is 2.13. The normalized spacial score (nSPS) is 17.4. The zero-order valence-electron chi connectivity index (χ0n) is 8.35. The Morgan fingerprint density at radius 3 is 3.12 bits per heavy atom. The van der Waals surface area contributed by atoms with Crippen LogP contribution in [0.2, 0.25) is 0 Å². The van der Waals surface area contributed by atoms with Crippen LogP contribution in [0.5, 0.6) is 0 Å². The van der Waals surface area contributed by atoms with Crippen LogP contribution in [0, 0.1) is 10.1 Å². The van der Waals surface area contributed by atoms with Crippen molar-refractivity contribution in [2.24, 2.45) is 0 Å². The number of aliphatic hydroxyl groups excluding tert-OH is 1. The zero-order chi connectivity index (χ0) is 12.0. The lowest BCUT2D eigenvalue weighted by Gasteiger charge is -2.21. The van der Waals surface area contributed by atoms with Gasteiger partial charge in [-0.2, -0.15) is 5.10 Å². The SMILES string of the molecule is O=[N+]([O-])c1ccc2c(c1)[C@@H](O)n1ncnc1S2. The minimum absolute atomic E-state index is 0.0491. The van der Waals surface area contributed by atoms with Gasteiger partial charge in [-0.3, -0.25) is 10.1 Å². The Hall–Kier alpha value is -1.93. The highest BCUT2D eigenvalue weighted by Crippen LogP contribution is 2.40. The largest absolute Gasteiger partial charge is 0.368 e. The lowest BCUT2D eigenvalue weighted by Crippen LogP contribution is -2.17. The highest BCUT2D eigenvalue weighted by molar-refractivity contribution is 7.99. The number of aliphatic hydroxyl groups is 1. The second-order valence-corrected chi connectivity index (χ2v) is 4.45. The van der Waals surface area contributed by atoms with E-state index in [0.717, 1.165) is 4.90 Å². The molecule has 0 fully saturated rings. The third kappa shape index (κ3) is 1.49. The van der Waals surface area contributed by atoms with E-state index in [1.807, 2.05) is 0 Å². The average Bonchev–Trinajstić information content (AvgIpc) is 2.77. The van der Waals surface area contributed by atoms with Gasteiger partial charge in [0.15, 0.2) is 11.4 Å². The molecule has 7 nitrogen and oxygen atoms in total. The first-order valence-corrected chi connectivity index (χ1v) is 5.52. The fourth-order valence-electron chi connectivity index (χ4n) is 1.65. The van der Waals surface area contributed by atoms with Gasteiger partial charge in [-0.1, -0.05) is 0 Å². The van der Waals surface area contributed by atoms with Gasteiger partial charge in [-0.05, 0) is 17.8 Å². The molecule has 1 aliphatic heterocycles. The van der Waals surface area contributed by atoms with Crippen LogP contribution in [0.1, 0.15) is 11.8 Å². The summed E-state index contributed by atoms with van der Waals surface area (Å²) < 4.78 is 1.33. The Bertz CT molecular complexity index is 612. The fourth-order valence-corrected chi connectivity index (χ4v) is 2.61. The number of nitrogens with zero attached hydrogens (tertiary/aromatic N) is 4. The van der Waals surface area contributed by atoms with Gasteiger partial charge in [0.1, 0.15) is 6.33 Å². The van der Waals surface area contributed by atoms with Crippen LogP contribution in [0.4, 0.5) is 5.69 Å². The fraction of sp³-hybridized carbons (Fsp3) is 0.111. The van der Waals surface area contributed by atoms with Gasteiger partial charge < -0.3 is 5.11 Å². The summed E-state index contributed by atoms with van der Waals surface area (Å²) in [5, 5.41) is 25.1. The van der Waals surface area contributed by atoms with Crippen molar-refractivity contribution in [2.75, 3.05) is 0 Å². The van der Waals surface area contributed by atoms with Crippen molar-refractivity contribution >= 4 is 17.4 Å². The summed E-state index contributed by atoms with van der Waals surface area (Å²) in [5.41, 5.74) is 0.425. The van der Waals surface area contributed by atoms with Gasteiger partial charge in [0, 0.05) is 22.6 Å². The van der Waals surface area contributed by atoms with Crippen molar-refractivity contribution in [2.45, 2.75) is 16.3 Å². The Labute approximate surface area is 99.2 Å². The molecule has 0 saturated heterocycles. The lowest BCUT2D eigenvalue weighted by atomic mass is 10.1. The van der Waals surface area contributed by atoms with Crippen LogP contribution in [-0.2, 0) is 0 Å². The Morgan fingerprint density at radius 2 is 2.35 bits per heavy atom. The molecule has 1 aromatic carbocycles. The molecule has 0 spiro atoms. The molecule has 0 amide bonds. The average molecular weight is 250 g/mol. The number of hydrogen-bond acceptors (Lipinski definition) is 6. The van der Waals surface area contributed by atoms with E-state index in [1.165, 1.54) is 34.9 Å². The van der Waals surface area contributed by atoms with Crippen molar-refractivity contribution in [3.63, 3.8) is 0 Å². The molecule has 0 aliphatic carbocycles. The van der Waals surface area contributed by atoms with E-state index in [2.05, 4.69) is 10.1 Å². The molecule has 86 valence electrons. The van der Waals surface area contributed by atoms with Gasteiger partial charge in [0.05, 0.1) is 4.92 Å². The molecule has 2 heterocycles. The maximum Gasteiger partial charge on any atom is 0.269 e. The Morgan fingerprint density at radius 1 is 1.53 bits per heavy atom. The second-order valence-electron chi connectivity index (χ2n) is 3.44. The third-order valence-electron chi connectivity index (χ3n) is 2.46. The molecule has 0 radical (unpaired) electrons. The lowest BCUT2D eigenvalue weighted by molar-refractivity contribution is -0.385. The van der Waals surface area contributed by atoms with Crippen LogP contribution in [0.3, 0.4) is 0 Å². The maximum absolute atomic E-state index is 10.7. The molecule has 0 unspecified atom stereocenters. The van der Waals surface area contributed by atoms with E-state index in [1.54, 1.807) is 6.07 Å². The summed E-state index contributed by atoms with van der Waals surface area (Å²) in [6.45, 7) is 0. The van der Waals surface area contributed by atoms with Crippen LogP contribution in [0.25, 0.3) is 0 Å². The molecule has 0 bridgehead atoms. The van der Waals surface area contributed by atoms with Crippen molar-refractivity contribution in [3.05, 3.63) is 40.2 Å². The minimum atomic E-state index is -1.02. The number of benzene rings is 1. The predicted molar refractivity (Wildman–Crippen MR) is 57.6 cm³/mol. The van der Waals surface area contributed by atoms with E-state index in [9.17, 15) is 15.2 Å². The molecular weight excluding hydrogens is 244 g/mol. The van der Waals surface area contributed by atoms with Gasteiger partial charge in [-0.15, -0.1) is 0 Å². The molecule has 3 rings (SSSR count). The topological polar surface area (TPSA) is 94.1 Å². The van der Waals surface area contributed by atoms with Gasteiger partial charge in [-0.25, -0.2) is 9.67 Å². The number of nitro benzene ring substituents is 1. The summed E-state index contributed by atoms with van der Waals surface area (Å²) in [4.78, 5) is 14.9. The smallest absolute Gasteiger partial charge is 0.269 e. The molecule has 1 N–H and O–H groups in total. The number of rotatable bonds is 1. The monoisotopic (exact) mass is 250 g/mol. The first kappa shape index (κ1) is 10.2. The van der Waals surface area contributed by atoms with Crippen molar-refractivity contribution in [1.82, 2.24) is 14.8 Å². The van der Waals surface area contributed by atoms with E-state index >= 15 is 0 Å². The molecule has 1 atom stereocenters. The molecular formula is C9H6N4O3S. The molecule has 1 aliphatic rings. The van der Waals surface area contributed by atoms with Crippen LogP contribution in [-0.4, -0.2) is 24.8 Å². The standard InChI is InChI=1S/C9H6N4O3S/c14-8-6-3-5(13(15)16)1-2-7(6)17-9-10-4-11-12(8)9/h1-4,8,14H/t8-/m1/s1. The van der Waals surface area contributed by atoms with Crippen molar-refractivity contribution in [3.8, 4) is 0 Å². The van der Waals surface area contributed by atoms with Crippen LogP contribution in [0.15, 0.2) is 34.6 Å². The highest BCUT2D eigenvalue weighted by atomic mass is 32.2. The van der Waals surface area contributed by atoms with Crippen LogP contribution < -0.4 is 0 Å². The predicted octanol–water partition coefficient (Wildman–Crippen LogP) is 1.19. The molecule has 1 aromatic heterocycles. The summed E-state index contributed by atoms with van der Waals surface area (Å²) in [7, 11) is 0. The number of non-ortho nitro benzene ring substituents is 1. The first-order valence-electron chi connectivity index (χ1n) is 4.70.